The van der Waals surface area contributed by atoms with E-state index in [1.165, 1.54) is 11.1 Å². The van der Waals surface area contributed by atoms with Crippen LogP contribution in [0.2, 0.25) is 5.02 Å². The molecular formula is C17H18ClNO. The Morgan fingerprint density at radius 3 is 2.75 bits per heavy atom. The Balaban J connectivity index is 1.75. The summed E-state index contributed by atoms with van der Waals surface area (Å²) in [6.45, 7) is 0.747. The molecule has 2 aromatic rings. The van der Waals surface area contributed by atoms with Crippen LogP contribution in [0.3, 0.4) is 0 Å². The van der Waals surface area contributed by atoms with Crippen LogP contribution in [0, 0.1) is 0 Å². The summed E-state index contributed by atoms with van der Waals surface area (Å²) >= 11 is 6.18. The van der Waals surface area contributed by atoms with Crippen molar-refractivity contribution in [1.29, 1.82) is 0 Å². The molecule has 2 N–H and O–H groups in total. The Bertz CT molecular complexity index is 597. The second-order valence-corrected chi connectivity index (χ2v) is 5.74. The molecule has 3 heteroatoms. The van der Waals surface area contributed by atoms with Crippen LogP contribution in [0.15, 0.2) is 42.5 Å². The fourth-order valence-corrected chi connectivity index (χ4v) is 3.03. The van der Waals surface area contributed by atoms with E-state index in [2.05, 4.69) is 12.1 Å². The predicted molar refractivity (Wildman–Crippen MR) is 82.5 cm³/mol. The number of ether oxygens (including phenoxy) is 1. The molecule has 0 amide bonds. The van der Waals surface area contributed by atoms with Gasteiger partial charge in [-0.15, -0.1) is 0 Å². The standard InChI is InChI=1S/C17H18ClNO/c18-15-9-13-6-7-20-17(13)14(10-15)11-16(19)8-12-4-2-1-3-5-12/h1-5,9-10,16H,6-8,11,19H2. The van der Waals surface area contributed by atoms with E-state index < -0.39 is 0 Å². The van der Waals surface area contributed by atoms with Gasteiger partial charge in [0.2, 0.25) is 0 Å². The van der Waals surface area contributed by atoms with Crippen LogP contribution < -0.4 is 10.5 Å². The average Bonchev–Trinajstić information content (AvgIpc) is 2.88. The molecule has 0 aliphatic carbocycles. The fourth-order valence-electron chi connectivity index (χ4n) is 2.77. The number of hydrogen-bond donors (Lipinski definition) is 1. The monoisotopic (exact) mass is 287 g/mol. The normalized spacial score (nSPS) is 14.7. The van der Waals surface area contributed by atoms with E-state index in [0.717, 1.165) is 42.2 Å². The van der Waals surface area contributed by atoms with Crippen molar-refractivity contribution in [2.45, 2.75) is 25.3 Å². The van der Waals surface area contributed by atoms with Crippen LogP contribution in [0.4, 0.5) is 0 Å². The average molecular weight is 288 g/mol. The molecule has 1 heterocycles. The highest BCUT2D eigenvalue weighted by Crippen LogP contribution is 2.33. The van der Waals surface area contributed by atoms with Gasteiger partial charge in [-0.1, -0.05) is 41.9 Å². The van der Waals surface area contributed by atoms with Gasteiger partial charge in [0.1, 0.15) is 5.75 Å². The lowest BCUT2D eigenvalue weighted by Crippen LogP contribution is -2.25. The molecule has 2 nitrogen and oxygen atoms in total. The Hall–Kier alpha value is -1.51. The number of nitrogens with two attached hydrogens (primary N) is 1. The van der Waals surface area contributed by atoms with E-state index in [4.69, 9.17) is 22.1 Å². The van der Waals surface area contributed by atoms with Crippen LogP contribution in [0.1, 0.15) is 16.7 Å². The minimum Gasteiger partial charge on any atom is -0.493 e. The molecule has 20 heavy (non-hydrogen) atoms. The Labute approximate surface area is 124 Å². The van der Waals surface area contributed by atoms with Gasteiger partial charge in [-0.05, 0) is 41.7 Å². The highest BCUT2D eigenvalue weighted by atomic mass is 35.5. The van der Waals surface area contributed by atoms with E-state index in [0.29, 0.717) is 0 Å². The quantitative estimate of drug-likeness (QED) is 0.935. The molecule has 0 saturated carbocycles. The summed E-state index contributed by atoms with van der Waals surface area (Å²) < 4.78 is 5.72. The molecule has 0 fully saturated rings. The molecule has 2 aromatic carbocycles. The summed E-state index contributed by atoms with van der Waals surface area (Å²) in [7, 11) is 0. The molecular weight excluding hydrogens is 270 g/mol. The van der Waals surface area contributed by atoms with Crippen molar-refractivity contribution in [3.05, 3.63) is 64.2 Å². The van der Waals surface area contributed by atoms with Gasteiger partial charge in [0.15, 0.2) is 0 Å². The first-order valence-corrected chi connectivity index (χ1v) is 7.34. The molecule has 0 bridgehead atoms. The Kier molecular flexibility index (Phi) is 3.95. The number of halogens is 1. The van der Waals surface area contributed by atoms with Gasteiger partial charge >= 0.3 is 0 Å². The Morgan fingerprint density at radius 1 is 1.15 bits per heavy atom. The molecule has 3 rings (SSSR count). The molecule has 1 aliphatic rings. The van der Waals surface area contributed by atoms with E-state index in [1.807, 2.05) is 30.3 Å². The SMILES string of the molecule is NC(Cc1ccccc1)Cc1cc(Cl)cc2c1OCC2. The number of rotatable bonds is 4. The maximum Gasteiger partial charge on any atom is 0.125 e. The first kappa shape index (κ1) is 13.5. The highest BCUT2D eigenvalue weighted by molar-refractivity contribution is 6.30. The minimum absolute atomic E-state index is 0.0733. The second-order valence-electron chi connectivity index (χ2n) is 5.31. The predicted octanol–water partition coefficient (Wildman–Crippen LogP) is 3.39. The van der Waals surface area contributed by atoms with Gasteiger partial charge in [0, 0.05) is 17.5 Å². The molecule has 0 saturated heterocycles. The third-order valence-electron chi connectivity index (χ3n) is 3.65. The summed E-state index contributed by atoms with van der Waals surface area (Å²) in [6, 6.07) is 14.4. The lowest BCUT2D eigenvalue weighted by Gasteiger charge is -2.15. The minimum atomic E-state index is 0.0733. The van der Waals surface area contributed by atoms with Crippen LogP contribution in [0.5, 0.6) is 5.75 Å². The van der Waals surface area contributed by atoms with Crippen molar-refractivity contribution in [2.75, 3.05) is 6.61 Å². The zero-order chi connectivity index (χ0) is 13.9. The molecule has 0 radical (unpaired) electrons. The summed E-state index contributed by atoms with van der Waals surface area (Å²) in [5.41, 5.74) is 9.89. The van der Waals surface area contributed by atoms with Crippen molar-refractivity contribution in [3.63, 3.8) is 0 Å². The van der Waals surface area contributed by atoms with Gasteiger partial charge in [-0.25, -0.2) is 0 Å². The van der Waals surface area contributed by atoms with E-state index >= 15 is 0 Å². The first-order valence-electron chi connectivity index (χ1n) is 6.96. The smallest absolute Gasteiger partial charge is 0.125 e. The van der Waals surface area contributed by atoms with Crippen LogP contribution in [-0.4, -0.2) is 12.6 Å². The van der Waals surface area contributed by atoms with Crippen molar-refractivity contribution in [3.8, 4) is 5.75 Å². The zero-order valence-corrected chi connectivity index (χ0v) is 12.1. The third-order valence-corrected chi connectivity index (χ3v) is 3.87. The number of fused-ring (bicyclic) bond motifs is 1. The molecule has 1 unspecified atom stereocenters. The first-order chi connectivity index (χ1) is 9.72. The van der Waals surface area contributed by atoms with Crippen LogP contribution >= 0.6 is 11.6 Å². The fraction of sp³-hybridized carbons (Fsp3) is 0.294. The summed E-state index contributed by atoms with van der Waals surface area (Å²) in [4.78, 5) is 0. The third kappa shape index (κ3) is 2.97. The molecule has 0 spiro atoms. The number of hydrogen-bond acceptors (Lipinski definition) is 2. The number of benzene rings is 2. The van der Waals surface area contributed by atoms with Crippen molar-refractivity contribution in [2.24, 2.45) is 5.73 Å². The van der Waals surface area contributed by atoms with Gasteiger partial charge in [0.25, 0.3) is 0 Å². The van der Waals surface area contributed by atoms with Crippen molar-refractivity contribution in [1.82, 2.24) is 0 Å². The Morgan fingerprint density at radius 2 is 1.95 bits per heavy atom. The topological polar surface area (TPSA) is 35.2 Å². The van der Waals surface area contributed by atoms with Gasteiger partial charge in [-0.3, -0.25) is 0 Å². The van der Waals surface area contributed by atoms with E-state index in [9.17, 15) is 0 Å². The van der Waals surface area contributed by atoms with Crippen molar-refractivity contribution < 1.29 is 4.74 Å². The van der Waals surface area contributed by atoms with E-state index in [-0.39, 0.29) is 6.04 Å². The maximum absolute atomic E-state index is 6.28. The largest absolute Gasteiger partial charge is 0.493 e. The lowest BCUT2D eigenvalue weighted by molar-refractivity contribution is 0.352. The lowest BCUT2D eigenvalue weighted by atomic mass is 9.97. The summed E-state index contributed by atoms with van der Waals surface area (Å²) in [6.07, 6.45) is 2.59. The highest BCUT2D eigenvalue weighted by Gasteiger charge is 2.19. The van der Waals surface area contributed by atoms with Gasteiger partial charge in [-0.2, -0.15) is 0 Å². The van der Waals surface area contributed by atoms with Crippen molar-refractivity contribution >= 4 is 11.6 Å². The van der Waals surface area contributed by atoms with Crippen LogP contribution in [0.25, 0.3) is 0 Å². The van der Waals surface area contributed by atoms with Gasteiger partial charge in [0.05, 0.1) is 6.61 Å². The molecule has 0 aromatic heterocycles. The van der Waals surface area contributed by atoms with Gasteiger partial charge < -0.3 is 10.5 Å². The maximum atomic E-state index is 6.28. The molecule has 104 valence electrons. The molecule has 1 aliphatic heterocycles. The van der Waals surface area contributed by atoms with E-state index in [1.54, 1.807) is 0 Å². The molecule has 1 atom stereocenters. The summed E-state index contributed by atoms with van der Waals surface area (Å²) in [5.74, 6) is 0.998. The summed E-state index contributed by atoms with van der Waals surface area (Å²) in [5, 5.41) is 0.774. The zero-order valence-electron chi connectivity index (χ0n) is 11.3. The second kappa shape index (κ2) is 5.86. The van der Waals surface area contributed by atoms with Crippen LogP contribution in [-0.2, 0) is 19.3 Å².